The highest BCUT2D eigenvalue weighted by molar-refractivity contribution is 4.70. The summed E-state index contributed by atoms with van der Waals surface area (Å²) in [6.45, 7) is 8.93. The van der Waals surface area contributed by atoms with E-state index in [9.17, 15) is 0 Å². The number of rotatable bonds is 15. The van der Waals surface area contributed by atoms with Gasteiger partial charge in [-0.3, -0.25) is 0 Å². The second kappa shape index (κ2) is 15.4. The van der Waals surface area contributed by atoms with Crippen LogP contribution in [-0.4, -0.2) is 24.9 Å². The molecule has 0 saturated heterocycles. The number of aliphatic hydroxyl groups is 1. The highest BCUT2D eigenvalue weighted by atomic mass is 17.2. The van der Waals surface area contributed by atoms with Crippen LogP contribution in [0.3, 0.4) is 0 Å². The lowest BCUT2D eigenvalue weighted by Gasteiger charge is -2.15. The molecular formula is C16H30O3. The highest BCUT2D eigenvalue weighted by Gasteiger charge is 2.08. The van der Waals surface area contributed by atoms with E-state index in [1.54, 1.807) is 0 Å². The van der Waals surface area contributed by atoms with Crippen molar-refractivity contribution in [1.29, 1.82) is 0 Å². The Kier molecular flexibility index (Phi) is 14.9. The van der Waals surface area contributed by atoms with Gasteiger partial charge in [-0.2, -0.15) is 0 Å². The lowest BCUT2D eigenvalue weighted by molar-refractivity contribution is -0.302. The van der Waals surface area contributed by atoms with Gasteiger partial charge in [0.25, 0.3) is 0 Å². The molecule has 0 fully saturated rings. The normalized spacial score (nSPS) is 10.8. The summed E-state index contributed by atoms with van der Waals surface area (Å²) >= 11 is 0. The SMILES string of the molecule is C=CCCCC(CCCC=C)COOCCCCO. The molecule has 0 aliphatic rings. The van der Waals surface area contributed by atoms with Crippen molar-refractivity contribution < 1.29 is 14.9 Å². The average Bonchev–Trinajstić information content (AvgIpc) is 2.42. The van der Waals surface area contributed by atoms with Crippen LogP contribution in [0.4, 0.5) is 0 Å². The largest absolute Gasteiger partial charge is 0.396 e. The zero-order chi connectivity index (χ0) is 14.2. The Morgan fingerprint density at radius 3 is 2.05 bits per heavy atom. The maximum Gasteiger partial charge on any atom is 0.0850 e. The van der Waals surface area contributed by atoms with E-state index in [0.29, 0.717) is 19.1 Å². The van der Waals surface area contributed by atoms with E-state index in [-0.39, 0.29) is 6.61 Å². The zero-order valence-electron chi connectivity index (χ0n) is 12.2. The monoisotopic (exact) mass is 270 g/mol. The first kappa shape index (κ1) is 18.4. The molecule has 3 nitrogen and oxygen atoms in total. The summed E-state index contributed by atoms with van der Waals surface area (Å²) in [6, 6.07) is 0. The average molecular weight is 270 g/mol. The van der Waals surface area contributed by atoms with Gasteiger partial charge in [-0.05, 0) is 57.3 Å². The summed E-state index contributed by atoms with van der Waals surface area (Å²) in [5, 5.41) is 8.64. The van der Waals surface area contributed by atoms with Gasteiger partial charge in [-0.25, -0.2) is 9.78 Å². The molecule has 0 atom stereocenters. The number of hydrogen-bond acceptors (Lipinski definition) is 3. The topological polar surface area (TPSA) is 38.7 Å². The first-order valence-corrected chi connectivity index (χ1v) is 7.42. The van der Waals surface area contributed by atoms with Crippen molar-refractivity contribution in [3.8, 4) is 0 Å². The van der Waals surface area contributed by atoms with Gasteiger partial charge in [0, 0.05) is 6.61 Å². The van der Waals surface area contributed by atoms with Gasteiger partial charge in [0.1, 0.15) is 0 Å². The lowest BCUT2D eigenvalue weighted by atomic mass is 9.96. The summed E-state index contributed by atoms with van der Waals surface area (Å²) in [6.07, 6.45) is 12.3. The van der Waals surface area contributed by atoms with Crippen LogP contribution >= 0.6 is 0 Å². The Bertz CT molecular complexity index is 190. The molecule has 0 bridgehead atoms. The summed E-state index contributed by atoms with van der Waals surface area (Å²) in [5.74, 6) is 0.553. The van der Waals surface area contributed by atoms with Crippen molar-refractivity contribution in [2.75, 3.05) is 19.8 Å². The smallest absolute Gasteiger partial charge is 0.0850 e. The summed E-state index contributed by atoms with van der Waals surface area (Å²) < 4.78 is 0. The Hall–Kier alpha value is -0.640. The summed E-state index contributed by atoms with van der Waals surface area (Å²) in [7, 11) is 0. The third-order valence-corrected chi connectivity index (χ3v) is 3.06. The molecule has 0 saturated carbocycles. The molecule has 0 aromatic rings. The van der Waals surface area contributed by atoms with Crippen molar-refractivity contribution in [1.82, 2.24) is 0 Å². The first-order chi connectivity index (χ1) is 9.35. The number of unbranched alkanes of at least 4 members (excludes halogenated alkanes) is 3. The van der Waals surface area contributed by atoms with E-state index in [1.165, 1.54) is 0 Å². The molecule has 3 heteroatoms. The quantitative estimate of drug-likeness (QED) is 0.211. The van der Waals surface area contributed by atoms with Crippen molar-refractivity contribution in [2.45, 2.75) is 51.4 Å². The van der Waals surface area contributed by atoms with Crippen molar-refractivity contribution in [3.63, 3.8) is 0 Å². The van der Waals surface area contributed by atoms with Crippen LogP contribution in [0, 0.1) is 5.92 Å². The Labute approximate surface area is 118 Å². The molecule has 0 aromatic heterocycles. The fourth-order valence-electron chi connectivity index (χ4n) is 1.89. The first-order valence-electron chi connectivity index (χ1n) is 7.42. The Morgan fingerprint density at radius 1 is 0.895 bits per heavy atom. The van der Waals surface area contributed by atoms with Crippen LogP contribution in [0.5, 0.6) is 0 Å². The van der Waals surface area contributed by atoms with Gasteiger partial charge in [-0.15, -0.1) is 13.2 Å². The van der Waals surface area contributed by atoms with Gasteiger partial charge in [0.2, 0.25) is 0 Å². The van der Waals surface area contributed by atoms with Crippen LogP contribution in [0.1, 0.15) is 51.4 Å². The fraction of sp³-hybridized carbons (Fsp3) is 0.750. The van der Waals surface area contributed by atoms with Crippen molar-refractivity contribution >= 4 is 0 Å². The number of hydrogen-bond donors (Lipinski definition) is 1. The summed E-state index contributed by atoms with van der Waals surface area (Å²) in [5.41, 5.74) is 0. The lowest BCUT2D eigenvalue weighted by Crippen LogP contribution is -2.11. The van der Waals surface area contributed by atoms with E-state index < -0.39 is 0 Å². The van der Waals surface area contributed by atoms with Crippen LogP contribution in [0.15, 0.2) is 25.3 Å². The van der Waals surface area contributed by atoms with E-state index in [2.05, 4.69) is 13.2 Å². The predicted molar refractivity (Wildman–Crippen MR) is 79.8 cm³/mol. The molecule has 0 aromatic carbocycles. The van der Waals surface area contributed by atoms with E-state index in [4.69, 9.17) is 14.9 Å². The standard InChI is InChI=1S/C16H30O3/c1-3-5-7-11-16(12-8-6-4-2)15-19-18-14-10-9-13-17/h3-4,16-17H,1-2,5-15H2. The zero-order valence-corrected chi connectivity index (χ0v) is 12.2. The molecular weight excluding hydrogens is 240 g/mol. The predicted octanol–water partition coefficient (Wildman–Crippen LogP) is 4.04. The van der Waals surface area contributed by atoms with Crippen molar-refractivity contribution in [2.24, 2.45) is 5.92 Å². The molecule has 0 aliphatic carbocycles. The number of allylic oxidation sites excluding steroid dienone is 2. The molecule has 0 radical (unpaired) electrons. The van der Waals surface area contributed by atoms with Gasteiger partial charge in [-0.1, -0.05) is 12.2 Å². The minimum absolute atomic E-state index is 0.217. The number of aliphatic hydroxyl groups excluding tert-OH is 1. The second-order valence-corrected chi connectivity index (χ2v) is 4.84. The minimum Gasteiger partial charge on any atom is -0.396 e. The van der Waals surface area contributed by atoms with Gasteiger partial charge < -0.3 is 5.11 Å². The molecule has 112 valence electrons. The third kappa shape index (κ3) is 13.6. The van der Waals surface area contributed by atoms with Crippen LogP contribution < -0.4 is 0 Å². The third-order valence-electron chi connectivity index (χ3n) is 3.06. The van der Waals surface area contributed by atoms with Gasteiger partial charge in [0.05, 0.1) is 13.2 Å². The molecule has 19 heavy (non-hydrogen) atoms. The second-order valence-electron chi connectivity index (χ2n) is 4.84. The molecule has 0 spiro atoms. The van der Waals surface area contributed by atoms with Crippen molar-refractivity contribution in [3.05, 3.63) is 25.3 Å². The molecule has 1 N–H and O–H groups in total. The fourth-order valence-corrected chi connectivity index (χ4v) is 1.89. The molecule has 0 rings (SSSR count). The maximum atomic E-state index is 8.64. The van der Waals surface area contributed by atoms with Crippen LogP contribution in [0.2, 0.25) is 0 Å². The highest BCUT2D eigenvalue weighted by Crippen LogP contribution is 2.17. The summed E-state index contributed by atoms with van der Waals surface area (Å²) in [4.78, 5) is 10.4. The molecule has 0 unspecified atom stereocenters. The van der Waals surface area contributed by atoms with E-state index in [0.717, 1.165) is 51.4 Å². The Balaban J connectivity index is 3.63. The van der Waals surface area contributed by atoms with Crippen LogP contribution in [-0.2, 0) is 9.78 Å². The van der Waals surface area contributed by atoms with Gasteiger partial charge in [0.15, 0.2) is 0 Å². The van der Waals surface area contributed by atoms with Crippen LogP contribution in [0.25, 0.3) is 0 Å². The molecule has 0 heterocycles. The Morgan fingerprint density at radius 2 is 1.53 bits per heavy atom. The van der Waals surface area contributed by atoms with E-state index >= 15 is 0 Å². The van der Waals surface area contributed by atoms with E-state index in [1.807, 2.05) is 12.2 Å². The molecule has 0 aliphatic heterocycles. The minimum atomic E-state index is 0.217. The molecule has 0 amide bonds. The maximum absolute atomic E-state index is 8.64. The van der Waals surface area contributed by atoms with Gasteiger partial charge >= 0.3 is 0 Å².